The van der Waals surface area contributed by atoms with Crippen LogP contribution in [0, 0.1) is 11.7 Å². The molecule has 1 aliphatic carbocycles. The highest BCUT2D eigenvalue weighted by molar-refractivity contribution is 6.30. The first-order chi connectivity index (χ1) is 15.1. The fraction of sp³-hybridized carbons (Fsp3) is 0.333. The summed E-state index contributed by atoms with van der Waals surface area (Å²) in [7, 11) is 0. The second-order valence-corrected chi connectivity index (χ2v) is 8.35. The number of primary amides is 1. The van der Waals surface area contributed by atoms with Crippen molar-refractivity contribution < 1.29 is 27.6 Å². The van der Waals surface area contributed by atoms with Gasteiger partial charge in [-0.15, -0.1) is 0 Å². The van der Waals surface area contributed by atoms with E-state index in [1.165, 1.54) is 29.2 Å². The molecule has 7 nitrogen and oxygen atoms in total. The summed E-state index contributed by atoms with van der Waals surface area (Å²) >= 11 is 5.73. The van der Waals surface area contributed by atoms with E-state index in [0.29, 0.717) is 5.56 Å². The van der Waals surface area contributed by atoms with Crippen LogP contribution in [0.1, 0.15) is 30.4 Å². The minimum atomic E-state index is -2.63. The number of nitrogens with zero attached hydrogens (tertiary/aromatic N) is 3. The minimum absolute atomic E-state index is 0.0201. The van der Waals surface area contributed by atoms with Crippen LogP contribution in [0.25, 0.3) is 0 Å². The number of carbonyl (C=O) groups excluding carboxylic acids is 3. The van der Waals surface area contributed by atoms with Crippen LogP contribution in [0.2, 0.25) is 5.02 Å². The quantitative estimate of drug-likeness (QED) is 0.732. The Bertz CT molecular complexity index is 1090. The first kappa shape index (κ1) is 22.1. The Labute approximate surface area is 185 Å². The first-order valence-corrected chi connectivity index (χ1v) is 10.1. The predicted octanol–water partition coefficient (Wildman–Crippen LogP) is 2.82. The summed E-state index contributed by atoms with van der Waals surface area (Å²) in [4.78, 5) is 44.3. The molecule has 1 aromatic carbocycles. The average molecular weight is 467 g/mol. The number of piperazine rings is 1. The van der Waals surface area contributed by atoms with Gasteiger partial charge in [-0.3, -0.25) is 19.3 Å². The zero-order chi connectivity index (χ0) is 23.2. The fourth-order valence-electron chi connectivity index (χ4n) is 4.22. The van der Waals surface area contributed by atoms with E-state index in [0.717, 1.165) is 17.2 Å². The smallest absolute Gasteiger partial charge is 0.263 e. The molecule has 4 rings (SSSR count). The topological polar surface area (TPSA) is 96.6 Å². The summed E-state index contributed by atoms with van der Waals surface area (Å²) in [5.74, 6) is -3.52. The summed E-state index contributed by atoms with van der Waals surface area (Å²) in [5.41, 5.74) is 4.32. The minimum Gasteiger partial charge on any atom is -0.369 e. The van der Waals surface area contributed by atoms with Crippen LogP contribution in [0.3, 0.4) is 0 Å². The maximum Gasteiger partial charge on any atom is 0.263 e. The van der Waals surface area contributed by atoms with Crippen LogP contribution in [-0.2, 0) is 20.9 Å². The molecule has 2 heterocycles. The summed E-state index contributed by atoms with van der Waals surface area (Å²) in [6.07, 6.45) is -1.51. The molecule has 2 N–H and O–H groups in total. The second-order valence-electron chi connectivity index (χ2n) is 7.91. The number of nitrogens with two attached hydrogens (primary N) is 1. The lowest BCUT2D eigenvalue weighted by atomic mass is 9.65. The van der Waals surface area contributed by atoms with Crippen LogP contribution in [0.5, 0.6) is 0 Å². The lowest BCUT2D eigenvalue weighted by Gasteiger charge is -2.56. The van der Waals surface area contributed by atoms with Crippen molar-refractivity contribution in [2.45, 2.75) is 31.4 Å². The van der Waals surface area contributed by atoms with Crippen molar-refractivity contribution in [2.24, 2.45) is 11.7 Å². The van der Waals surface area contributed by atoms with Crippen molar-refractivity contribution in [1.82, 2.24) is 9.88 Å². The van der Waals surface area contributed by atoms with Gasteiger partial charge in [0.1, 0.15) is 12.1 Å². The predicted molar refractivity (Wildman–Crippen MR) is 108 cm³/mol. The lowest BCUT2D eigenvalue weighted by molar-refractivity contribution is -0.164. The number of hydrogen-bond acceptors (Lipinski definition) is 4. The molecule has 168 valence electrons. The Morgan fingerprint density at radius 3 is 2.47 bits per heavy atom. The highest BCUT2D eigenvalue weighted by atomic mass is 35.5. The Morgan fingerprint density at radius 1 is 1.25 bits per heavy atom. The molecule has 1 aromatic heterocycles. The van der Waals surface area contributed by atoms with Gasteiger partial charge in [-0.25, -0.2) is 18.2 Å². The standard InChI is InChI=1S/C21H18ClF3N4O3/c22-14-5-15(23)19(27-8-14)28-10-16(30)29(9-11-1-3-12(4-2-11)17(24)25)21(20(28)32)6-13(7-21)18(26)31/h1-5,8,13,17H,6-7,9-10H2,(H2,26,31)/t13-,21+. The summed E-state index contributed by atoms with van der Waals surface area (Å²) in [5, 5.41) is 0.0306. The Kier molecular flexibility index (Phi) is 5.58. The molecule has 0 radical (unpaired) electrons. The van der Waals surface area contributed by atoms with E-state index < -0.39 is 48.0 Å². The molecular weight excluding hydrogens is 449 g/mol. The molecule has 3 amide bonds. The zero-order valence-corrected chi connectivity index (χ0v) is 17.4. The van der Waals surface area contributed by atoms with Crippen molar-refractivity contribution in [1.29, 1.82) is 0 Å². The maximum atomic E-state index is 14.5. The van der Waals surface area contributed by atoms with Gasteiger partial charge in [-0.05, 0) is 24.5 Å². The molecule has 1 saturated carbocycles. The second kappa shape index (κ2) is 8.09. The van der Waals surface area contributed by atoms with Gasteiger partial charge in [-0.1, -0.05) is 35.9 Å². The third-order valence-corrected chi connectivity index (χ3v) is 6.15. The SMILES string of the molecule is NC(=O)[C@H]1C[C@@]2(C1)C(=O)N(c1ncc(Cl)cc1F)CC(=O)N2Cc1ccc(C(F)F)cc1. The molecule has 0 bridgehead atoms. The largest absolute Gasteiger partial charge is 0.369 e. The van der Waals surface area contributed by atoms with Crippen molar-refractivity contribution in [3.05, 3.63) is 58.5 Å². The number of halogens is 4. The van der Waals surface area contributed by atoms with Crippen molar-refractivity contribution in [3.63, 3.8) is 0 Å². The Balaban J connectivity index is 1.67. The van der Waals surface area contributed by atoms with Crippen LogP contribution in [-0.4, -0.2) is 39.7 Å². The summed E-state index contributed by atoms with van der Waals surface area (Å²) in [6.45, 7) is -0.508. The van der Waals surface area contributed by atoms with Crippen LogP contribution >= 0.6 is 11.6 Å². The third-order valence-electron chi connectivity index (χ3n) is 5.94. The number of anilines is 1. The van der Waals surface area contributed by atoms with Gasteiger partial charge >= 0.3 is 0 Å². The number of alkyl halides is 2. The lowest BCUT2D eigenvalue weighted by Crippen LogP contribution is -2.73. The van der Waals surface area contributed by atoms with E-state index in [-0.39, 0.29) is 35.8 Å². The van der Waals surface area contributed by atoms with Gasteiger partial charge < -0.3 is 10.6 Å². The van der Waals surface area contributed by atoms with Gasteiger partial charge in [-0.2, -0.15) is 0 Å². The average Bonchev–Trinajstić information content (AvgIpc) is 2.70. The molecule has 2 aliphatic rings. The molecule has 32 heavy (non-hydrogen) atoms. The molecule has 2 aromatic rings. The fourth-order valence-corrected chi connectivity index (χ4v) is 4.36. The van der Waals surface area contributed by atoms with E-state index in [1.807, 2.05) is 0 Å². The van der Waals surface area contributed by atoms with E-state index >= 15 is 0 Å². The van der Waals surface area contributed by atoms with Gasteiger partial charge in [0.25, 0.3) is 12.3 Å². The normalized spacial score (nSPS) is 23.1. The summed E-state index contributed by atoms with van der Waals surface area (Å²) < 4.78 is 40.1. The van der Waals surface area contributed by atoms with Crippen molar-refractivity contribution in [3.8, 4) is 0 Å². The highest BCUT2D eigenvalue weighted by Crippen LogP contribution is 2.47. The Hall–Kier alpha value is -3.14. The van der Waals surface area contributed by atoms with E-state index in [2.05, 4.69) is 4.98 Å². The number of rotatable bonds is 5. The number of benzene rings is 1. The van der Waals surface area contributed by atoms with Gasteiger partial charge in [0, 0.05) is 24.2 Å². The zero-order valence-electron chi connectivity index (χ0n) is 16.6. The molecule has 2 fully saturated rings. The van der Waals surface area contributed by atoms with Gasteiger partial charge in [0.15, 0.2) is 11.6 Å². The molecule has 1 spiro atoms. The van der Waals surface area contributed by atoms with Crippen LogP contribution in [0.4, 0.5) is 19.0 Å². The van der Waals surface area contributed by atoms with E-state index in [1.54, 1.807) is 0 Å². The monoisotopic (exact) mass is 466 g/mol. The molecule has 0 unspecified atom stereocenters. The number of carbonyl (C=O) groups is 3. The Morgan fingerprint density at radius 2 is 1.91 bits per heavy atom. The van der Waals surface area contributed by atoms with Crippen LogP contribution < -0.4 is 10.6 Å². The summed E-state index contributed by atoms with van der Waals surface area (Å²) in [6, 6.07) is 6.37. The highest BCUT2D eigenvalue weighted by Gasteiger charge is 2.61. The molecular formula is C21H18ClF3N4O3. The molecule has 11 heteroatoms. The maximum absolute atomic E-state index is 14.5. The van der Waals surface area contributed by atoms with E-state index in [9.17, 15) is 27.6 Å². The van der Waals surface area contributed by atoms with Crippen molar-refractivity contribution in [2.75, 3.05) is 11.4 Å². The van der Waals surface area contributed by atoms with Crippen molar-refractivity contribution >= 4 is 35.1 Å². The molecule has 1 saturated heterocycles. The number of pyridine rings is 1. The van der Waals surface area contributed by atoms with E-state index in [4.69, 9.17) is 17.3 Å². The number of amides is 3. The number of aromatic nitrogens is 1. The molecule has 1 aliphatic heterocycles. The molecule has 0 atom stereocenters. The van der Waals surface area contributed by atoms with Gasteiger partial charge in [0.05, 0.1) is 5.02 Å². The van der Waals surface area contributed by atoms with Crippen LogP contribution in [0.15, 0.2) is 36.5 Å². The third kappa shape index (κ3) is 3.68. The first-order valence-electron chi connectivity index (χ1n) is 9.72. The number of hydrogen-bond donors (Lipinski definition) is 1. The van der Waals surface area contributed by atoms with Gasteiger partial charge in [0.2, 0.25) is 11.8 Å².